The highest BCUT2D eigenvalue weighted by Crippen LogP contribution is 2.26. The molecule has 3 rings (SSSR count). The van der Waals surface area contributed by atoms with Gasteiger partial charge in [0.2, 0.25) is 0 Å². The van der Waals surface area contributed by atoms with Crippen molar-refractivity contribution in [1.29, 1.82) is 0 Å². The van der Waals surface area contributed by atoms with Gasteiger partial charge >= 0.3 is 0 Å². The summed E-state index contributed by atoms with van der Waals surface area (Å²) in [7, 11) is 3.75. The van der Waals surface area contributed by atoms with Gasteiger partial charge in [-0.15, -0.1) is 0 Å². The van der Waals surface area contributed by atoms with E-state index in [0.29, 0.717) is 12.6 Å². The Morgan fingerprint density at radius 3 is 2.64 bits per heavy atom. The van der Waals surface area contributed by atoms with Gasteiger partial charge in [0.25, 0.3) is 0 Å². The largest absolute Gasteiger partial charge is 0.383 e. The summed E-state index contributed by atoms with van der Waals surface area (Å²) >= 11 is 0. The van der Waals surface area contributed by atoms with Gasteiger partial charge in [0.1, 0.15) is 0 Å². The number of ether oxygens (including phenoxy) is 1. The lowest BCUT2D eigenvalue weighted by Crippen LogP contribution is -2.45. The molecule has 1 fully saturated rings. The van der Waals surface area contributed by atoms with Crippen LogP contribution in [0.3, 0.4) is 0 Å². The molecule has 0 saturated carbocycles. The Morgan fingerprint density at radius 2 is 2.00 bits per heavy atom. The molecular weight excluding hydrogens is 312 g/mol. The van der Waals surface area contributed by atoms with Crippen molar-refractivity contribution in [3.8, 4) is 0 Å². The van der Waals surface area contributed by atoms with Gasteiger partial charge in [-0.3, -0.25) is 4.68 Å². The van der Waals surface area contributed by atoms with Crippen LogP contribution in [0.2, 0.25) is 0 Å². The van der Waals surface area contributed by atoms with E-state index in [9.17, 15) is 0 Å². The van der Waals surface area contributed by atoms with Gasteiger partial charge in [-0.2, -0.15) is 5.10 Å². The first-order valence-corrected chi connectivity index (χ1v) is 9.14. The Hall–Kier alpha value is -1.85. The van der Waals surface area contributed by atoms with Gasteiger partial charge in [0.05, 0.1) is 18.3 Å². The second kappa shape index (κ2) is 8.02. The highest BCUT2D eigenvalue weighted by molar-refractivity contribution is 5.56. The number of piperidine rings is 1. The lowest BCUT2D eigenvalue weighted by atomic mass is 10.0. The van der Waals surface area contributed by atoms with Crippen LogP contribution >= 0.6 is 0 Å². The minimum absolute atomic E-state index is 0.190. The van der Waals surface area contributed by atoms with Crippen LogP contribution in [-0.4, -0.2) is 42.6 Å². The smallest absolute Gasteiger partial charge is 0.0731 e. The minimum Gasteiger partial charge on any atom is -0.383 e. The molecule has 1 aromatic carbocycles. The molecule has 1 N–H and O–H groups in total. The number of benzene rings is 1. The summed E-state index contributed by atoms with van der Waals surface area (Å²) in [5.41, 5.74) is 5.34. The van der Waals surface area contributed by atoms with E-state index in [1.807, 2.05) is 17.9 Å². The number of aromatic nitrogens is 2. The van der Waals surface area contributed by atoms with E-state index in [1.165, 1.54) is 22.5 Å². The van der Waals surface area contributed by atoms with Crippen LogP contribution in [0.25, 0.3) is 0 Å². The summed E-state index contributed by atoms with van der Waals surface area (Å²) in [6.07, 6.45) is 4.14. The fraction of sp³-hybridized carbons (Fsp3) is 0.550. The van der Waals surface area contributed by atoms with Crippen molar-refractivity contribution in [2.75, 3.05) is 31.7 Å². The molecule has 1 atom stereocenters. The Morgan fingerprint density at radius 1 is 1.24 bits per heavy atom. The van der Waals surface area contributed by atoms with E-state index in [-0.39, 0.29) is 6.04 Å². The lowest BCUT2D eigenvalue weighted by molar-refractivity contribution is 0.154. The summed E-state index contributed by atoms with van der Waals surface area (Å²) in [4.78, 5) is 2.52. The lowest BCUT2D eigenvalue weighted by Gasteiger charge is -2.36. The molecule has 25 heavy (non-hydrogen) atoms. The van der Waals surface area contributed by atoms with E-state index in [4.69, 9.17) is 4.74 Å². The molecule has 136 valence electrons. The Balaban J connectivity index is 1.62. The van der Waals surface area contributed by atoms with Crippen molar-refractivity contribution in [3.63, 3.8) is 0 Å². The van der Waals surface area contributed by atoms with Gasteiger partial charge < -0.3 is 15.0 Å². The number of aryl methyl sites for hydroxylation is 2. The van der Waals surface area contributed by atoms with Crippen molar-refractivity contribution in [2.24, 2.45) is 7.05 Å². The standard InChI is InChI=1S/C20H30N4O/c1-15-6-5-7-19(16(15)2)24-12-9-17(10-13-24)22-18(14-25-4)20-8-11-21-23(20)3/h5-8,11,17-18,22H,9-10,12-14H2,1-4H3/t18-/m1/s1. The van der Waals surface area contributed by atoms with Crippen LogP contribution < -0.4 is 10.2 Å². The molecule has 1 saturated heterocycles. The van der Waals surface area contributed by atoms with E-state index in [0.717, 1.165) is 25.9 Å². The molecule has 0 radical (unpaired) electrons. The molecule has 2 heterocycles. The van der Waals surface area contributed by atoms with E-state index < -0.39 is 0 Å². The topological polar surface area (TPSA) is 42.3 Å². The predicted octanol–water partition coefficient (Wildman–Crippen LogP) is 2.98. The SMILES string of the molecule is COC[C@@H](NC1CCN(c2cccc(C)c2C)CC1)c1ccnn1C. The van der Waals surface area contributed by atoms with Crippen molar-refractivity contribution in [3.05, 3.63) is 47.3 Å². The highest BCUT2D eigenvalue weighted by atomic mass is 16.5. The molecule has 0 spiro atoms. The van der Waals surface area contributed by atoms with Crippen LogP contribution in [0, 0.1) is 13.8 Å². The molecule has 5 nitrogen and oxygen atoms in total. The Bertz CT molecular complexity index is 689. The van der Waals surface area contributed by atoms with Crippen molar-refractivity contribution < 1.29 is 4.74 Å². The maximum atomic E-state index is 5.43. The van der Waals surface area contributed by atoms with Crippen LogP contribution in [-0.2, 0) is 11.8 Å². The number of methoxy groups -OCH3 is 1. The zero-order chi connectivity index (χ0) is 17.8. The first kappa shape index (κ1) is 18.0. The predicted molar refractivity (Wildman–Crippen MR) is 102 cm³/mol. The summed E-state index contributed by atoms with van der Waals surface area (Å²) in [6, 6.07) is 9.38. The zero-order valence-electron chi connectivity index (χ0n) is 15.8. The van der Waals surface area contributed by atoms with Crippen molar-refractivity contribution in [1.82, 2.24) is 15.1 Å². The second-order valence-corrected chi connectivity index (χ2v) is 7.03. The van der Waals surface area contributed by atoms with Crippen LogP contribution in [0.1, 0.15) is 35.7 Å². The van der Waals surface area contributed by atoms with Crippen LogP contribution in [0.15, 0.2) is 30.5 Å². The van der Waals surface area contributed by atoms with Gasteiger partial charge in [-0.05, 0) is 49.9 Å². The van der Waals surface area contributed by atoms with Gasteiger partial charge in [0, 0.05) is 45.2 Å². The molecule has 1 aliphatic rings. The molecular formula is C20H30N4O. The van der Waals surface area contributed by atoms with Gasteiger partial charge in [-0.1, -0.05) is 12.1 Å². The van der Waals surface area contributed by atoms with Gasteiger partial charge in [0.15, 0.2) is 0 Å². The summed E-state index contributed by atoms with van der Waals surface area (Å²) in [5, 5.41) is 8.08. The number of rotatable bonds is 6. The molecule has 5 heteroatoms. The third-order valence-corrected chi connectivity index (χ3v) is 5.40. The molecule has 0 bridgehead atoms. The summed E-state index contributed by atoms with van der Waals surface area (Å²) in [5.74, 6) is 0. The van der Waals surface area contributed by atoms with E-state index in [1.54, 1.807) is 7.11 Å². The normalized spacial score (nSPS) is 17.0. The number of nitrogens with one attached hydrogen (secondary N) is 1. The first-order chi connectivity index (χ1) is 12.1. The maximum absolute atomic E-state index is 5.43. The zero-order valence-corrected chi connectivity index (χ0v) is 15.8. The summed E-state index contributed by atoms with van der Waals surface area (Å²) < 4.78 is 7.36. The van der Waals surface area contributed by atoms with Crippen LogP contribution in [0.5, 0.6) is 0 Å². The summed E-state index contributed by atoms with van der Waals surface area (Å²) in [6.45, 7) is 7.26. The number of hydrogen-bond acceptors (Lipinski definition) is 4. The molecule has 0 aliphatic carbocycles. The molecule has 1 aliphatic heterocycles. The Kier molecular flexibility index (Phi) is 5.76. The average Bonchev–Trinajstić information content (AvgIpc) is 3.04. The van der Waals surface area contributed by atoms with E-state index in [2.05, 4.69) is 53.4 Å². The van der Waals surface area contributed by atoms with Crippen molar-refractivity contribution >= 4 is 5.69 Å². The number of nitrogens with zero attached hydrogens (tertiary/aromatic N) is 3. The molecule has 1 aromatic heterocycles. The molecule has 0 amide bonds. The third kappa shape index (κ3) is 4.05. The van der Waals surface area contributed by atoms with Gasteiger partial charge in [-0.25, -0.2) is 0 Å². The van der Waals surface area contributed by atoms with Crippen LogP contribution in [0.4, 0.5) is 5.69 Å². The first-order valence-electron chi connectivity index (χ1n) is 9.14. The quantitative estimate of drug-likeness (QED) is 0.876. The van der Waals surface area contributed by atoms with Crippen molar-refractivity contribution in [2.45, 2.75) is 38.8 Å². The molecule has 0 unspecified atom stereocenters. The second-order valence-electron chi connectivity index (χ2n) is 7.03. The highest BCUT2D eigenvalue weighted by Gasteiger charge is 2.24. The van der Waals surface area contributed by atoms with E-state index >= 15 is 0 Å². The number of anilines is 1. The third-order valence-electron chi connectivity index (χ3n) is 5.40. The monoisotopic (exact) mass is 342 g/mol. The minimum atomic E-state index is 0.190. The number of hydrogen-bond donors (Lipinski definition) is 1. The Labute approximate surface area is 151 Å². The average molecular weight is 342 g/mol. The molecule has 2 aromatic rings. The fourth-order valence-corrected chi connectivity index (χ4v) is 3.76. The fourth-order valence-electron chi connectivity index (χ4n) is 3.76. The maximum Gasteiger partial charge on any atom is 0.0731 e.